The van der Waals surface area contributed by atoms with Gasteiger partial charge < -0.3 is 30.3 Å². The highest BCUT2D eigenvalue weighted by Crippen LogP contribution is 2.33. The fraction of sp³-hybridized carbons (Fsp3) is 0.0909. The van der Waals surface area contributed by atoms with Crippen molar-refractivity contribution in [1.29, 1.82) is 0 Å². The molecule has 0 saturated heterocycles. The van der Waals surface area contributed by atoms with E-state index in [1.54, 1.807) is 62.8 Å². The monoisotopic (exact) mass is 408 g/mol. The number of nitrogens with one attached hydrogen (secondary N) is 2. The number of carboxylic acids is 2. The van der Waals surface area contributed by atoms with E-state index in [-0.39, 0.29) is 11.1 Å². The van der Waals surface area contributed by atoms with Gasteiger partial charge in [-0.25, -0.2) is 9.59 Å². The van der Waals surface area contributed by atoms with Crippen molar-refractivity contribution in [1.82, 2.24) is 0 Å². The minimum absolute atomic E-state index is 0.321. The molecule has 3 rings (SSSR count). The van der Waals surface area contributed by atoms with Gasteiger partial charge in [0.25, 0.3) is 0 Å². The van der Waals surface area contributed by atoms with Crippen LogP contribution >= 0.6 is 0 Å². The maximum atomic E-state index is 11.6. The largest absolute Gasteiger partial charge is 0.497 e. The van der Waals surface area contributed by atoms with Gasteiger partial charge in [-0.3, -0.25) is 0 Å². The summed E-state index contributed by atoms with van der Waals surface area (Å²) in [5.41, 5.74) is 1.51. The Labute approximate surface area is 172 Å². The zero-order valence-corrected chi connectivity index (χ0v) is 16.3. The normalized spacial score (nSPS) is 10.2. The first-order chi connectivity index (χ1) is 14.4. The molecule has 8 heteroatoms. The molecule has 4 N–H and O–H groups in total. The lowest BCUT2D eigenvalue weighted by atomic mass is 10.0. The van der Waals surface area contributed by atoms with Crippen molar-refractivity contribution in [3.05, 3.63) is 71.8 Å². The van der Waals surface area contributed by atoms with Crippen LogP contribution in [0.3, 0.4) is 0 Å². The first-order valence-corrected chi connectivity index (χ1v) is 8.88. The molecule has 0 amide bonds. The molecule has 0 heterocycles. The molecule has 3 aromatic carbocycles. The van der Waals surface area contributed by atoms with Gasteiger partial charge in [-0.2, -0.15) is 0 Å². The summed E-state index contributed by atoms with van der Waals surface area (Å²) >= 11 is 0. The molecular formula is C22H20N2O6. The Morgan fingerprint density at radius 3 is 1.27 bits per heavy atom. The quantitative estimate of drug-likeness (QED) is 0.428. The van der Waals surface area contributed by atoms with Gasteiger partial charge in [-0.1, -0.05) is 0 Å². The number of rotatable bonds is 8. The zero-order chi connectivity index (χ0) is 21.7. The van der Waals surface area contributed by atoms with E-state index >= 15 is 0 Å². The number of hydrogen-bond acceptors (Lipinski definition) is 6. The molecule has 0 aliphatic heterocycles. The number of ether oxygens (including phenoxy) is 2. The maximum absolute atomic E-state index is 11.6. The van der Waals surface area contributed by atoms with Crippen LogP contribution in [0.5, 0.6) is 11.5 Å². The summed E-state index contributed by atoms with van der Waals surface area (Å²) in [7, 11) is 3.12. The molecule has 0 fully saturated rings. The molecule has 0 aliphatic carbocycles. The van der Waals surface area contributed by atoms with Crippen molar-refractivity contribution < 1.29 is 29.3 Å². The molecule has 30 heavy (non-hydrogen) atoms. The predicted molar refractivity (Wildman–Crippen MR) is 113 cm³/mol. The first-order valence-electron chi connectivity index (χ1n) is 8.88. The van der Waals surface area contributed by atoms with Crippen LogP contribution in [0.15, 0.2) is 60.7 Å². The summed E-state index contributed by atoms with van der Waals surface area (Å²) in [6, 6.07) is 16.7. The lowest BCUT2D eigenvalue weighted by Gasteiger charge is -2.17. The van der Waals surface area contributed by atoms with Crippen molar-refractivity contribution in [3.8, 4) is 11.5 Å². The Kier molecular flexibility index (Phi) is 6.07. The summed E-state index contributed by atoms with van der Waals surface area (Å²) in [6.45, 7) is 0. The van der Waals surface area contributed by atoms with E-state index in [1.165, 1.54) is 12.1 Å². The standard InChI is InChI=1S/C22H20N2O6/c1-29-15-7-3-13(4-8-15)23-19-11-17(21(25)26)18(22(27)28)12-20(19)24-14-5-9-16(30-2)10-6-14/h3-12,23-24H,1-2H3,(H,25,26)(H,27,28). The fourth-order valence-electron chi connectivity index (χ4n) is 2.82. The number of hydrogen-bond donors (Lipinski definition) is 4. The first kappa shape index (κ1) is 20.5. The van der Waals surface area contributed by atoms with E-state index < -0.39 is 11.9 Å². The number of benzene rings is 3. The molecule has 0 saturated carbocycles. The van der Waals surface area contributed by atoms with Crippen LogP contribution in [0.2, 0.25) is 0 Å². The minimum atomic E-state index is -1.33. The fourth-order valence-corrected chi connectivity index (χ4v) is 2.82. The number of aromatic carboxylic acids is 2. The van der Waals surface area contributed by atoms with Crippen LogP contribution in [-0.2, 0) is 0 Å². The lowest BCUT2D eigenvalue weighted by Crippen LogP contribution is -2.10. The summed E-state index contributed by atoms with van der Waals surface area (Å²) in [5.74, 6) is -1.32. The van der Waals surface area contributed by atoms with Gasteiger partial charge in [0, 0.05) is 11.4 Å². The SMILES string of the molecule is COc1ccc(Nc2cc(C(=O)O)c(C(=O)O)cc2Nc2ccc(OC)cc2)cc1. The second-order valence-electron chi connectivity index (χ2n) is 6.26. The van der Waals surface area contributed by atoms with Gasteiger partial charge in [-0.05, 0) is 60.7 Å². The van der Waals surface area contributed by atoms with E-state index in [1.807, 2.05) is 0 Å². The molecule has 0 unspecified atom stereocenters. The third-order valence-electron chi connectivity index (χ3n) is 4.36. The van der Waals surface area contributed by atoms with Crippen molar-refractivity contribution in [3.63, 3.8) is 0 Å². The average molecular weight is 408 g/mol. The average Bonchev–Trinajstić information content (AvgIpc) is 2.75. The Morgan fingerprint density at radius 2 is 1.00 bits per heavy atom. The van der Waals surface area contributed by atoms with Gasteiger partial charge >= 0.3 is 11.9 Å². The van der Waals surface area contributed by atoms with Crippen LogP contribution in [0.1, 0.15) is 20.7 Å². The molecule has 3 aromatic rings. The lowest BCUT2D eigenvalue weighted by molar-refractivity contribution is 0.0651. The van der Waals surface area contributed by atoms with E-state index in [0.29, 0.717) is 34.2 Å². The number of carbonyl (C=O) groups is 2. The summed E-state index contributed by atoms with van der Waals surface area (Å²) in [5, 5.41) is 25.2. The van der Waals surface area contributed by atoms with Crippen LogP contribution in [0.25, 0.3) is 0 Å². The molecule has 0 aliphatic rings. The van der Waals surface area contributed by atoms with Gasteiger partial charge in [-0.15, -0.1) is 0 Å². The van der Waals surface area contributed by atoms with Crippen molar-refractivity contribution in [2.24, 2.45) is 0 Å². The van der Waals surface area contributed by atoms with Gasteiger partial charge in [0.15, 0.2) is 0 Å². The number of carboxylic acid groups (broad SMARTS) is 2. The summed E-state index contributed by atoms with van der Waals surface area (Å²) in [6.07, 6.45) is 0. The molecule has 0 spiro atoms. The molecule has 8 nitrogen and oxygen atoms in total. The van der Waals surface area contributed by atoms with Crippen LogP contribution in [-0.4, -0.2) is 36.4 Å². The predicted octanol–water partition coefficient (Wildman–Crippen LogP) is 4.59. The molecule has 154 valence electrons. The second-order valence-corrected chi connectivity index (χ2v) is 6.26. The van der Waals surface area contributed by atoms with E-state index in [9.17, 15) is 19.8 Å². The topological polar surface area (TPSA) is 117 Å². The third-order valence-corrected chi connectivity index (χ3v) is 4.36. The van der Waals surface area contributed by atoms with Crippen LogP contribution < -0.4 is 20.1 Å². The van der Waals surface area contributed by atoms with Crippen LogP contribution in [0, 0.1) is 0 Å². The molecular weight excluding hydrogens is 388 g/mol. The Bertz CT molecular complexity index is 976. The van der Waals surface area contributed by atoms with Gasteiger partial charge in [0.1, 0.15) is 11.5 Å². The van der Waals surface area contributed by atoms with Crippen molar-refractivity contribution >= 4 is 34.7 Å². The molecule has 0 radical (unpaired) electrons. The Morgan fingerprint density at radius 1 is 0.667 bits per heavy atom. The maximum Gasteiger partial charge on any atom is 0.336 e. The smallest absolute Gasteiger partial charge is 0.336 e. The molecule has 0 atom stereocenters. The summed E-state index contributed by atoms with van der Waals surface area (Å²) in [4.78, 5) is 23.2. The van der Waals surface area contributed by atoms with E-state index in [4.69, 9.17) is 9.47 Å². The van der Waals surface area contributed by atoms with E-state index in [2.05, 4.69) is 10.6 Å². The second kappa shape index (κ2) is 8.87. The molecule has 0 aromatic heterocycles. The highest BCUT2D eigenvalue weighted by molar-refractivity contribution is 6.04. The van der Waals surface area contributed by atoms with Crippen LogP contribution in [0.4, 0.5) is 22.7 Å². The van der Waals surface area contributed by atoms with E-state index in [0.717, 1.165) is 0 Å². The van der Waals surface area contributed by atoms with Crippen molar-refractivity contribution in [2.45, 2.75) is 0 Å². The Hall–Kier alpha value is -4.20. The number of anilines is 4. The van der Waals surface area contributed by atoms with Gasteiger partial charge in [0.2, 0.25) is 0 Å². The Balaban J connectivity index is 2.04. The summed E-state index contributed by atoms with van der Waals surface area (Å²) < 4.78 is 10.3. The minimum Gasteiger partial charge on any atom is -0.497 e. The van der Waals surface area contributed by atoms with Gasteiger partial charge in [0.05, 0.1) is 36.7 Å². The zero-order valence-electron chi connectivity index (χ0n) is 16.3. The highest BCUT2D eigenvalue weighted by Gasteiger charge is 2.20. The number of methoxy groups -OCH3 is 2. The molecule has 0 bridgehead atoms. The highest BCUT2D eigenvalue weighted by atomic mass is 16.5. The third kappa shape index (κ3) is 4.61. The van der Waals surface area contributed by atoms with Crippen molar-refractivity contribution in [2.75, 3.05) is 24.9 Å².